The Balaban J connectivity index is 2.00. The molecule has 0 saturated heterocycles. The van der Waals surface area contributed by atoms with E-state index < -0.39 is 28.5 Å². The summed E-state index contributed by atoms with van der Waals surface area (Å²) >= 11 is 12.1. The van der Waals surface area contributed by atoms with Crippen molar-refractivity contribution in [2.45, 2.75) is 45.2 Å². The first-order valence-corrected chi connectivity index (χ1v) is 14.7. The predicted octanol–water partition coefficient (Wildman–Crippen LogP) is 5.69. The largest absolute Gasteiger partial charge is 0.354 e. The molecule has 0 bridgehead atoms. The number of halogens is 2. The molecule has 10 heteroatoms. The van der Waals surface area contributed by atoms with E-state index in [1.807, 2.05) is 20.8 Å². The highest BCUT2D eigenvalue weighted by Gasteiger charge is 2.32. The molecule has 2 amide bonds. The molecule has 1 N–H and O–H groups in total. The fraction of sp³-hybridized carbons (Fsp3) is 0.310. The zero-order valence-corrected chi connectivity index (χ0v) is 24.7. The third-order valence-electron chi connectivity index (χ3n) is 6.12. The summed E-state index contributed by atoms with van der Waals surface area (Å²) in [6, 6.07) is 18.7. The van der Waals surface area contributed by atoms with Crippen molar-refractivity contribution in [3.63, 3.8) is 0 Å². The normalized spacial score (nSPS) is 12.2. The van der Waals surface area contributed by atoms with Gasteiger partial charge in [-0.05, 0) is 73.9 Å². The van der Waals surface area contributed by atoms with Gasteiger partial charge < -0.3 is 10.2 Å². The second-order valence-electron chi connectivity index (χ2n) is 9.76. The number of nitrogens with one attached hydrogen (secondary N) is 1. The summed E-state index contributed by atoms with van der Waals surface area (Å²) in [7, 11) is -4.13. The molecular formula is C29H33Cl2N3O4S. The van der Waals surface area contributed by atoms with Gasteiger partial charge in [0.25, 0.3) is 10.0 Å². The van der Waals surface area contributed by atoms with Crippen molar-refractivity contribution in [2.24, 2.45) is 5.92 Å². The van der Waals surface area contributed by atoms with Gasteiger partial charge in [-0.25, -0.2) is 8.42 Å². The summed E-state index contributed by atoms with van der Waals surface area (Å²) < 4.78 is 28.6. The molecule has 3 aromatic carbocycles. The maximum atomic E-state index is 13.9. The van der Waals surface area contributed by atoms with E-state index in [1.54, 1.807) is 67.6 Å². The zero-order chi connectivity index (χ0) is 28.7. The number of nitrogens with zero attached hydrogens (tertiary/aromatic N) is 2. The summed E-state index contributed by atoms with van der Waals surface area (Å²) in [4.78, 5) is 28.3. The molecule has 0 aliphatic carbocycles. The third kappa shape index (κ3) is 8.21. The van der Waals surface area contributed by atoms with Crippen LogP contribution in [0.5, 0.6) is 0 Å². The van der Waals surface area contributed by atoms with Crippen LogP contribution in [-0.4, -0.2) is 44.3 Å². The van der Waals surface area contributed by atoms with E-state index in [2.05, 4.69) is 5.32 Å². The topological polar surface area (TPSA) is 86.8 Å². The first kappa shape index (κ1) is 30.5. The Morgan fingerprint density at radius 1 is 0.846 bits per heavy atom. The molecular weight excluding hydrogens is 557 g/mol. The van der Waals surface area contributed by atoms with Crippen LogP contribution in [0.3, 0.4) is 0 Å². The third-order valence-corrected chi connectivity index (χ3v) is 8.41. The van der Waals surface area contributed by atoms with Crippen molar-refractivity contribution >= 4 is 50.7 Å². The summed E-state index contributed by atoms with van der Waals surface area (Å²) in [5.74, 6) is -0.644. The first-order chi connectivity index (χ1) is 18.4. The molecule has 0 unspecified atom stereocenters. The Bertz CT molecular complexity index is 1380. The Morgan fingerprint density at radius 3 is 1.92 bits per heavy atom. The molecule has 0 aliphatic heterocycles. The van der Waals surface area contributed by atoms with Gasteiger partial charge in [-0.15, -0.1) is 0 Å². The monoisotopic (exact) mass is 589 g/mol. The van der Waals surface area contributed by atoms with Crippen LogP contribution in [0, 0.1) is 12.8 Å². The number of aryl methyl sites for hydroxylation is 1. The maximum Gasteiger partial charge on any atom is 0.264 e. The molecule has 1 atom stereocenters. The van der Waals surface area contributed by atoms with Gasteiger partial charge in [0.2, 0.25) is 11.8 Å². The quantitative estimate of drug-likeness (QED) is 0.311. The van der Waals surface area contributed by atoms with Crippen LogP contribution in [0.2, 0.25) is 10.0 Å². The second-order valence-corrected chi connectivity index (χ2v) is 12.5. The summed E-state index contributed by atoms with van der Waals surface area (Å²) in [6.07, 6.45) is 0. The number of benzene rings is 3. The molecule has 0 aliphatic rings. The van der Waals surface area contributed by atoms with Crippen molar-refractivity contribution in [2.75, 3.05) is 17.4 Å². The minimum absolute atomic E-state index is 0.0443. The molecule has 208 valence electrons. The average Bonchev–Trinajstić information content (AvgIpc) is 2.90. The molecule has 0 saturated carbocycles. The lowest BCUT2D eigenvalue weighted by molar-refractivity contribution is -0.139. The fourth-order valence-corrected chi connectivity index (χ4v) is 5.46. The summed E-state index contributed by atoms with van der Waals surface area (Å²) in [6.45, 7) is 7.45. The second kappa shape index (κ2) is 13.3. The van der Waals surface area contributed by atoms with Gasteiger partial charge in [0.05, 0.1) is 10.6 Å². The lowest BCUT2D eigenvalue weighted by atomic mass is 10.1. The van der Waals surface area contributed by atoms with Crippen molar-refractivity contribution < 1.29 is 18.0 Å². The molecule has 3 rings (SSSR count). The number of hydrogen-bond donors (Lipinski definition) is 1. The number of sulfonamides is 1. The molecule has 0 aromatic heterocycles. The Labute approximate surface area is 240 Å². The number of carbonyl (C=O) groups excluding carboxylic acids is 2. The van der Waals surface area contributed by atoms with E-state index in [0.29, 0.717) is 16.6 Å². The van der Waals surface area contributed by atoms with Gasteiger partial charge in [-0.3, -0.25) is 13.9 Å². The number of rotatable bonds is 11. The van der Waals surface area contributed by atoms with Crippen molar-refractivity contribution in [1.82, 2.24) is 10.2 Å². The van der Waals surface area contributed by atoms with E-state index in [4.69, 9.17) is 23.2 Å². The molecule has 0 radical (unpaired) electrons. The Hall–Kier alpha value is -3.07. The molecule has 0 fully saturated rings. The fourth-order valence-electron chi connectivity index (χ4n) is 3.80. The first-order valence-electron chi connectivity index (χ1n) is 12.5. The van der Waals surface area contributed by atoms with E-state index >= 15 is 0 Å². The lowest BCUT2D eigenvalue weighted by Gasteiger charge is -2.32. The van der Waals surface area contributed by atoms with Gasteiger partial charge in [0, 0.05) is 23.1 Å². The number of carbonyl (C=O) groups is 2. The standard InChI is InChI=1S/C29H33Cl2N3O4S/c1-20(2)17-32-29(36)22(4)33(18-23-7-9-24(30)10-8-23)28(35)19-34(26-13-11-25(31)12-14-26)39(37,38)27-15-5-21(3)6-16-27/h5-16,20,22H,17-19H2,1-4H3,(H,32,36)/t22-/m1/s1. The van der Waals surface area contributed by atoms with Gasteiger partial charge in [0.15, 0.2) is 0 Å². The van der Waals surface area contributed by atoms with Crippen molar-refractivity contribution in [1.29, 1.82) is 0 Å². The maximum absolute atomic E-state index is 13.9. The van der Waals surface area contributed by atoms with Crippen LogP contribution in [0.15, 0.2) is 77.7 Å². The average molecular weight is 591 g/mol. The van der Waals surface area contributed by atoms with Gasteiger partial charge in [0.1, 0.15) is 12.6 Å². The highest BCUT2D eigenvalue weighted by molar-refractivity contribution is 7.92. The lowest BCUT2D eigenvalue weighted by Crippen LogP contribution is -2.51. The van der Waals surface area contributed by atoms with E-state index in [0.717, 1.165) is 15.4 Å². The van der Waals surface area contributed by atoms with Gasteiger partial charge in [-0.2, -0.15) is 0 Å². The smallest absolute Gasteiger partial charge is 0.264 e. The van der Waals surface area contributed by atoms with Crippen LogP contribution >= 0.6 is 23.2 Å². The molecule has 0 heterocycles. The minimum Gasteiger partial charge on any atom is -0.354 e. The molecule has 3 aromatic rings. The van der Waals surface area contributed by atoms with Crippen molar-refractivity contribution in [3.05, 3.63) is 94.0 Å². The number of anilines is 1. The summed E-state index contributed by atoms with van der Waals surface area (Å²) in [5.41, 5.74) is 1.92. The predicted molar refractivity (Wildman–Crippen MR) is 156 cm³/mol. The van der Waals surface area contributed by atoms with Gasteiger partial charge in [-0.1, -0.05) is 66.9 Å². The number of amides is 2. The van der Waals surface area contributed by atoms with E-state index in [9.17, 15) is 18.0 Å². The zero-order valence-electron chi connectivity index (χ0n) is 22.4. The number of hydrogen-bond acceptors (Lipinski definition) is 4. The van der Waals surface area contributed by atoms with Gasteiger partial charge >= 0.3 is 0 Å². The SMILES string of the molecule is Cc1ccc(S(=O)(=O)N(CC(=O)N(Cc2ccc(Cl)cc2)[C@H](C)C(=O)NCC(C)C)c2ccc(Cl)cc2)cc1. The van der Waals surface area contributed by atoms with Crippen LogP contribution < -0.4 is 9.62 Å². The van der Waals surface area contributed by atoms with Crippen LogP contribution in [0.25, 0.3) is 0 Å². The highest BCUT2D eigenvalue weighted by Crippen LogP contribution is 2.26. The molecule has 7 nitrogen and oxygen atoms in total. The van der Waals surface area contributed by atoms with Crippen LogP contribution in [-0.2, 0) is 26.2 Å². The minimum atomic E-state index is -4.13. The Morgan fingerprint density at radius 2 is 1.38 bits per heavy atom. The summed E-state index contributed by atoms with van der Waals surface area (Å²) in [5, 5.41) is 3.83. The van der Waals surface area contributed by atoms with Crippen LogP contribution in [0.4, 0.5) is 5.69 Å². The molecule has 0 spiro atoms. The molecule has 39 heavy (non-hydrogen) atoms. The van der Waals surface area contributed by atoms with E-state index in [1.165, 1.54) is 17.0 Å². The van der Waals surface area contributed by atoms with Crippen LogP contribution in [0.1, 0.15) is 31.9 Å². The van der Waals surface area contributed by atoms with Crippen molar-refractivity contribution in [3.8, 4) is 0 Å². The highest BCUT2D eigenvalue weighted by atomic mass is 35.5. The van der Waals surface area contributed by atoms with E-state index in [-0.39, 0.29) is 29.0 Å². The Kier molecular flexibility index (Phi) is 10.4.